The number of benzene rings is 2. The van der Waals surface area contributed by atoms with E-state index in [1.165, 1.54) is 4.57 Å². The second-order valence-electron chi connectivity index (χ2n) is 5.84. The van der Waals surface area contributed by atoms with Crippen molar-refractivity contribution in [1.29, 1.82) is 5.26 Å². The van der Waals surface area contributed by atoms with Crippen LogP contribution in [0.3, 0.4) is 0 Å². The Labute approximate surface area is 154 Å². The molecule has 0 unspecified atom stereocenters. The minimum Gasteiger partial charge on any atom is -0.375 e. The van der Waals surface area contributed by atoms with Gasteiger partial charge >= 0.3 is 6.18 Å². The summed E-state index contributed by atoms with van der Waals surface area (Å²) in [6, 6.07) is 17.9. The first-order valence-corrected chi connectivity index (χ1v) is 8.24. The van der Waals surface area contributed by atoms with Gasteiger partial charge in [0.2, 0.25) is 0 Å². The molecule has 138 valence electrons. The highest BCUT2D eigenvalue weighted by Crippen LogP contribution is 2.32. The van der Waals surface area contributed by atoms with Crippen LogP contribution in [0.25, 0.3) is 11.4 Å². The monoisotopic (exact) mass is 371 g/mol. The molecule has 1 aromatic heterocycles. The third kappa shape index (κ3) is 4.54. The lowest BCUT2D eigenvalue weighted by atomic mass is 10.1. The van der Waals surface area contributed by atoms with E-state index in [0.29, 0.717) is 12.2 Å². The number of imidazole rings is 1. The van der Waals surface area contributed by atoms with E-state index in [0.717, 1.165) is 11.8 Å². The molecular formula is C20H16F3N3O. The molecule has 0 aliphatic heterocycles. The van der Waals surface area contributed by atoms with Gasteiger partial charge in [-0.3, -0.25) is 0 Å². The number of hydrogen-bond donors (Lipinski definition) is 0. The number of hydrogen-bond acceptors (Lipinski definition) is 3. The number of nitrogens with zero attached hydrogens (tertiary/aromatic N) is 3. The van der Waals surface area contributed by atoms with Gasteiger partial charge in [-0.2, -0.15) is 18.4 Å². The van der Waals surface area contributed by atoms with Gasteiger partial charge in [-0.25, -0.2) is 4.98 Å². The van der Waals surface area contributed by atoms with Crippen LogP contribution in [0.2, 0.25) is 0 Å². The molecule has 0 atom stereocenters. The molecule has 0 bridgehead atoms. The van der Waals surface area contributed by atoms with Gasteiger partial charge in [-0.05, 0) is 17.7 Å². The lowest BCUT2D eigenvalue weighted by molar-refractivity contribution is -0.140. The molecular weight excluding hydrogens is 355 g/mol. The maximum Gasteiger partial charge on any atom is 0.434 e. The van der Waals surface area contributed by atoms with Crippen molar-refractivity contribution in [3.63, 3.8) is 0 Å². The van der Waals surface area contributed by atoms with Crippen LogP contribution in [0.15, 0.2) is 60.8 Å². The smallest absolute Gasteiger partial charge is 0.375 e. The first-order valence-electron chi connectivity index (χ1n) is 8.24. The van der Waals surface area contributed by atoms with Crippen molar-refractivity contribution < 1.29 is 17.9 Å². The first kappa shape index (κ1) is 18.7. The van der Waals surface area contributed by atoms with E-state index in [9.17, 15) is 18.4 Å². The quantitative estimate of drug-likeness (QED) is 0.592. The van der Waals surface area contributed by atoms with Crippen LogP contribution in [0.1, 0.15) is 16.8 Å². The second kappa shape index (κ2) is 8.06. The number of halogens is 3. The van der Waals surface area contributed by atoms with Gasteiger partial charge < -0.3 is 9.30 Å². The zero-order valence-corrected chi connectivity index (χ0v) is 14.3. The Bertz CT molecular complexity index is 943. The molecule has 0 aliphatic rings. The average molecular weight is 371 g/mol. The lowest BCUT2D eigenvalue weighted by Crippen LogP contribution is -2.07. The van der Waals surface area contributed by atoms with Crippen molar-refractivity contribution in [1.82, 2.24) is 9.55 Å². The minimum atomic E-state index is -4.56. The maximum absolute atomic E-state index is 13.1. The number of alkyl halides is 3. The van der Waals surface area contributed by atoms with Crippen molar-refractivity contribution in [2.75, 3.05) is 6.61 Å². The topological polar surface area (TPSA) is 50.8 Å². The van der Waals surface area contributed by atoms with Gasteiger partial charge in [0.15, 0.2) is 5.69 Å². The minimum absolute atomic E-state index is 0.0998. The molecule has 2 aromatic carbocycles. The number of ether oxygens (including phenoxy) is 1. The molecule has 0 saturated heterocycles. The number of rotatable bonds is 6. The summed E-state index contributed by atoms with van der Waals surface area (Å²) in [7, 11) is 0. The van der Waals surface area contributed by atoms with E-state index in [2.05, 4.69) is 4.98 Å². The first-order chi connectivity index (χ1) is 13.0. The Morgan fingerprint density at radius 3 is 2.44 bits per heavy atom. The summed E-state index contributed by atoms with van der Waals surface area (Å²) in [5.41, 5.74) is 0.615. The number of nitriles is 1. The van der Waals surface area contributed by atoms with Crippen LogP contribution in [-0.2, 0) is 24.1 Å². The summed E-state index contributed by atoms with van der Waals surface area (Å²) in [6.07, 6.45) is -3.61. The molecule has 4 nitrogen and oxygen atoms in total. The second-order valence-corrected chi connectivity index (χ2v) is 5.84. The summed E-state index contributed by atoms with van der Waals surface area (Å²) >= 11 is 0. The Morgan fingerprint density at radius 1 is 1.04 bits per heavy atom. The predicted molar refractivity (Wildman–Crippen MR) is 93.5 cm³/mol. The zero-order valence-electron chi connectivity index (χ0n) is 14.3. The molecule has 0 N–H and O–H groups in total. The number of aromatic nitrogens is 2. The fourth-order valence-corrected chi connectivity index (χ4v) is 2.64. The van der Waals surface area contributed by atoms with E-state index in [1.807, 2.05) is 36.4 Å². The Hall–Kier alpha value is -3.11. The summed E-state index contributed by atoms with van der Waals surface area (Å²) in [4.78, 5) is 3.73. The molecule has 0 spiro atoms. The summed E-state index contributed by atoms with van der Waals surface area (Å²) < 4.78 is 46.3. The van der Waals surface area contributed by atoms with Crippen LogP contribution < -0.4 is 0 Å². The van der Waals surface area contributed by atoms with E-state index in [-0.39, 0.29) is 24.5 Å². The fourth-order valence-electron chi connectivity index (χ4n) is 2.64. The molecule has 1 heterocycles. The molecule has 0 fully saturated rings. The van der Waals surface area contributed by atoms with Gasteiger partial charge in [-0.15, -0.1) is 0 Å². The van der Waals surface area contributed by atoms with Crippen molar-refractivity contribution in [2.45, 2.75) is 19.3 Å². The van der Waals surface area contributed by atoms with Crippen LogP contribution in [-0.4, -0.2) is 16.2 Å². The third-order valence-electron chi connectivity index (χ3n) is 3.94. The Balaban J connectivity index is 1.81. The van der Waals surface area contributed by atoms with Gasteiger partial charge in [0, 0.05) is 18.3 Å². The van der Waals surface area contributed by atoms with Crippen LogP contribution in [0, 0.1) is 11.3 Å². The predicted octanol–water partition coefficient (Wildman–Crippen LogP) is 4.66. The summed E-state index contributed by atoms with van der Waals surface area (Å²) in [6.45, 7) is 0.765. The Kier molecular flexibility index (Phi) is 5.57. The van der Waals surface area contributed by atoms with Crippen LogP contribution in [0.4, 0.5) is 13.2 Å². The average Bonchev–Trinajstić information content (AvgIpc) is 3.10. The van der Waals surface area contributed by atoms with E-state index < -0.39 is 11.9 Å². The molecule has 0 amide bonds. The van der Waals surface area contributed by atoms with Crippen LogP contribution in [0.5, 0.6) is 0 Å². The molecule has 0 saturated carbocycles. The highest BCUT2D eigenvalue weighted by atomic mass is 19.4. The van der Waals surface area contributed by atoms with Crippen molar-refractivity contribution in [3.05, 3.63) is 77.6 Å². The van der Waals surface area contributed by atoms with Crippen molar-refractivity contribution in [2.24, 2.45) is 0 Å². The van der Waals surface area contributed by atoms with E-state index in [1.54, 1.807) is 24.3 Å². The highest BCUT2D eigenvalue weighted by Gasteiger charge is 2.35. The van der Waals surface area contributed by atoms with E-state index >= 15 is 0 Å². The molecule has 3 aromatic rings. The van der Waals surface area contributed by atoms with Crippen LogP contribution >= 0.6 is 0 Å². The fraction of sp³-hybridized carbons (Fsp3) is 0.200. The lowest BCUT2D eigenvalue weighted by Gasteiger charge is -2.09. The largest absolute Gasteiger partial charge is 0.434 e. The molecule has 27 heavy (non-hydrogen) atoms. The third-order valence-corrected chi connectivity index (χ3v) is 3.94. The van der Waals surface area contributed by atoms with Gasteiger partial charge in [0.25, 0.3) is 0 Å². The summed E-state index contributed by atoms with van der Waals surface area (Å²) in [5, 5.41) is 9.24. The summed E-state index contributed by atoms with van der Waals surface area (Å²) in [5.74, 6) is 0.0998. The highest BCUT2D eigenvalue weighted by molar-refractivity contribution is 5.65. The van der Waals surface area contributed by atoms with Gasteiger partial charge in [-0.1, -0.05) is 42.5 Å². The zero-order chi connectivity index (χ0) is 19.3. The maximum atomic E-state index is 13.1. The van der Waals surface area contributed by atoms with Crippen molar-refractivity contribution >= 4 is 0 Å². The van der Waals surface area contributed by atoms with Gasteiger partial charge in [0.05, 0.1) is 24.8 Å². The molecule has 7 heteroatoms. The SMILES string of the molecule is N#Cc1ccccc1-c1nc(C(F)(F)F)cn1CCOCc1ccccc1. The molecule has 3 rings (SSSR count). The normalized spacial score (nSPS) is 11.3. The Morgan fingerprint density at radius 2 is 1.74 bits per heavy atom. The van der Waals surface area contributed by atoms with Gasteiger partial charge in [0.1, 0.15) is 5.82 Å². The van der Waals surface area contributed by atoms with Crippen molar-refractivity contribution in [3.8, 4) is 17.5 Å². The molecule has 0 radical (unpaired) electrons. The molecule has 0 aliphatic carbocycles. The van der Waals surface area contributed by atoms with E-state index in [4.69, 9.17) is 4.74 Å². The standard InChI is InChI=1S/C20H16F3N3O/c21-20(22,23)18-13-26(10-11-27-14-15-6-2-1-3-7-15)19(25-18)17-9-5-4-8-16(17)12-24/h1-9,13H,10-11,14H2.